The number of rotatable bonds is 2. The van der Waals surface area contributed by atoms with Gasteiger partial charge in [-0.25, -0.2) is 0 Å². The lowest BCUT2D eigenvalue weighted by Gasteiger charge is -2.07. The molecule has 1 N–H and O–H groups in total. The highest BCUT2D eigenvalue weighted by atomic mass is 35.5. The third kappa shape index (κ3) is 2.34. The van der Waals surface area contributed by atoms with Crippen LogP contribution in [-0.4, -0.2) is 10.7 Å². The minimum Gasteiger partial charge on any atom is -0.277 e. The summed E-state index contributed by atoms with van der Waals surface area (Å²) in [7, 11) is 0. The van der Waals surface area contributed by atoms with E-state index in [1.165, 1.54) is 11.1 Å². The Bertz CT molecular complexity index is 886. The molecule has 1 aliphatic rings. The molecule has 0 saturated heterocycles. The number of aromatic nitrogens is 1. The normalized spacial score (nSPS) is 15.2. The Morgan fingerprint density at radius 2 is 1.95 bits per heavy atom. The lowest BCUT2D eigenvalue weighted by atomic mass is 10.1. The molecule has 4 heteroatoms. The van der Waals surface area contributed by atoms with Gasteiger partial charge in [0.05, 0.1) is 16.9 Å². The highest BCUT2D eigenvalue weighted by molar-refractivity contribution is 6.31. The van der Waals surface area contributed by atoms with E-state index in [0.717, 1.165) is 35.1 Å². The number of halogens is 1. The van der Waals surface area contributed by atoms with Crippen molar-refractivity contribution in [3.63, 3.8) is 0 Å². The standard InChI is InChI=1S/C18H14ClN3/c19-13-6-7-15-17(9-10-20-18(15)11-13)22-21-16-8-5-12-3-1-2-4-14(12)16/h1-4,6-7,9-11H,5,8H2,(H,20,22)/b21-16+. The first-order chi connectivity index (χ1) is 10.8. The van der Waals surface area contributed by atoms with E-state index in [-0.39, 0.29) is 0 Å². The van der Waals surface area contributed by atoms with E-state index in [4.69, 9.17) is 11.6 Å². The third-order valence-electron chi connectivity index (χ3n) is 3.98. The average Bonchev–Trinajstić information content (AvgIpc) is 2.96. The second kappa shape index (κ2) is 5.43. The number of fused-ring (bicyclic) bond motifs is 2. The summed E-state index contributed by atoms with van der Waals surface area (Å²) < 4.78 is 0. The van der Waals surface area contributed by atoms with E-state index in [9.17, 15) is 0 Å². The number of nitrogens with one attached hydrogen (secondary N) is 1. The predicted molar refractivity (Wildman–Crippen MR) is 91.7 cm³/mol. The van der Waals surface area contributed by atoms with Gasteiger partial charge in [0.2, 0.25) is 0 Å². The van der Waals surface area contributed by atoms with Crippen LogP contribution in [0.2, 0.25) is 5.02 Å². The molecule has 0 spiro atoms. The van der Waals surface area contributed by atoms with Crippen molar-refractivity contribution in [1.29, 1.82) is 0 Å². The van der Waals surface area contributed by atoms with Gasteiger partial charge in [0.15, 0.2) is 0 Å². The zero-order valence-electron chi connectivity index (χ0n) is 11.9. The van der Waals surface area contributed by atoms with Crippen molar-refractivity contribution in [3.8, 4) is 0 Å². The second-order valence-electron chi connectivity index (χ2n) is 5.35. The van der Waals surface area contributed by atoms with E-state index >= 15 is 0 Å². The van der Waals surface area contributed by atoms with Gasteiger partial charge in [0.25, 0.3) is 0 Å². The first-order valence-corrected chi connectivity index (χ1v) is 7.64. The molecule has 0 saturated carbocycles. The van der Waals surface area contributed by atoms with Crippen molar-refractivity contribution in [2.75, 3.05) is 5.43 Å². The van der Waals surface area contributed by atoms with Gasteiger partial charge in [-0.15, -0.1) is 0 Å². The Hall–Kier alpha value is -2.39. The Morgan fingerprint density at radius 3 is 2.91 bits per heavy atom. The minimum atomic E-state index is 0.688. The van der Waals surface area contributed by atoms with E-state index in [2.05, 4.69) is 39.8 Å². The Balaban J connectivity index is 1.69. The highest BCUT2D eigenvalue weighted by Gasteiger charge is 2.16. The van der Waals surface area contributed by atoms with E-state index in [1.807, 2.05) is 24.3 Å². The first kappa shape index (κ1) is 13.3. The van der Waals surface area contributed by atoms with Gasteiger partial charge in [0.1, 0.15) is 0 Å². The predicted octanol–water partition coefficient (Wildman–Crippen LogP) is 4.65. The fourth-order valence-corrected chi connectivity index (χ4v) is 3.04. The van der Waals surface area contributed by atoms with Gasteiger partial charge in [-0.1, -0.05) is 35.9 Å². The zero-order valence-corrected chi connectivity index (χ0v) is 12.6. The summed E-state index contributed by atoms with van der Waals surface area (Å²) in [4.78, 5) is 4.35. The fourth-order valence-electron chi connectivity index (χ4n) is 2.87. The molecule has 1 heterocycles. The van der Waals surface area contributed by atoms with Crippen molar-refractivity contribution < 1.29 is 0 Å². The molecule has 0 atom stereocenters. The Labute approximate surface area is 133 Å². The number of aryl methyl sites for hydroxylation is 1. The lowest BCUT2D eigenvalue weighted by molar-refractivity contribution is 1.09. The van der Waals surface area contributed by atoms with Crippen molar-refractivity contribution in [3.05, 3.63) is 70.9 Å². The number of benzene rings is 2. The molecule has 0 aliphatic heterocycles. The average molecular weight is 308 g/mol. The maximum Gasteiger partial charge on any atom is 0.0738 e. The summed E-state index contributed by atoms with van der Waals surface area (Å²) in [6.45, 7) is 0. The zero-order chi connectivity index (χ0) is 14.9. The molecule has 1 aromatic heterocycles. The number of nitrogens with zero attached hydrogens (tertiary/aromatic N) is 2. The quantitative estimate of drug-likeness (QED) is 0.700. The van der Waals surface area contributed by atoms with Crippen LogP contribution in [0.1, 0.15) is 17.5 Å². The molecule has 0 amide bonds. The van der Waals surface area contributed by atoms with Crippen LogP contribution in [0.25, 0.3) is 10.9 Å². The van der Waals surface area contributed by atoms with Crippen LogP contribution in [0, 0.1) is 0 Å². The molecule has 3 nitrogen and oxygen atoms in total. The van der Waals surface area contributed by atoms with Crippen molar-refractivity contribution in [2.24, 2.45) is 5.10 Å². The van der Waals surface area contributed by atoms with Crippen molar-refractivity contribution >= 4 is 33.9 Å². The van der Waals surface area contributed by atoms with Gasteiger partial charge in [-0.05, 0) is 42.7 Å². The molecule has 3 aromatic rings. The monoisotopic (exact) mass is 307 g/mol. The highest BCUT2D eigenvalue weighted by Crippen LogP contribution is 2.26. The molecular weight excluding hydrogens is 294 g/mol. The van der Waals surface area contributed by atoms with E-state index in [0.29, 0.717) is 5.02 Å². The number of hydrogen-bond acceptors (Lipinski definition) is 3. The largest absolute Gasteiger partial charge is 0.277 e. The number of hydrogen-bond donors (Lipinski definition) is 1. The van der Waals surface area contributed by atoms with Gasteiger partial charge in [-0.2, -0.15) is 5.10 Å². The maximum atomic E-state index is 6.02. The van der Waals surface area contributed by atoms with Crippen LogP contribution in [0.4, 0.5) is 5.69 Å². The smallest absolute Gasteiger partial charge is 0.0738 e. The van der Waals surface area contributed by atoms with Crippen molar-refractivity contribution in [2.45, 2.75) is 12.8 Å². The van der Waals surface area contributed by atoms with Gasteiger partial charge in [-0.3, -0.25) is 10.4 Å². The summed E-state index contributed by atoms with van der Waals surface area (Å²) in [5.41, 5.74) is 8.73. The molecule has 22 heavy (non-hydrogen) atoms. The van der Waals surface area contributed by atoms with Crippen LogP contribution >= 0.6 is 11.6 Å². The maximum absolute atomic E-state index is 6.02. The van der Waals surface area contributed by atoms with Gasteiger partial charge in [0, 0.05) is 22.2 Å². The Morgan fingerprint density at radius 1 is 1.05 bits per heavy atom. The van der Waals surface area contributed by atoms with Crippen LogP contribution in [0.5, 0.6) is 0 Å². The molecule has 4 rings (SSSR count). The van der Waals surface area contributed by atoms with Crippen LogP contribution in [0.3, 0.4) is 0 Å². The Kier molecular flexibility index (Phi) is 3.28. The molecule has 0 fully saturated rings. The molecule has 0 bridgehead atoms. The van der Waals surface area contributed by atoms with E-state index < -0.39 is 0 Å². The van der Waals surface area contributed by atoms with Crippen LogP contribution < -0.4 is 5.43 Å². The number of anilines is 1. The lowest BCUT2D eigenvalue weighted by Crippen LogP contribution is -2.00. The van der Waals surface area contributed by atoms with Crippen LogP contribution in [0.15, 0.2) is 59.8 Å². The summed E-state index contributed by atoms with van der Waals surface area (Å²) in [6, 6.07) is 16.1. The minimum absolute atomic E-state index is 0.688. The molecule has 0 unspecified atom stereocenters. The number of hydrazone groups is 1. The summed E-state index contributed by atoms with van der Waals surface area (Å²) in [5, 5.41) is 6.32. The summed E-state index contributed by atoms with van der Waals surface area (Å²) in [5.74, 6) is 0. The molecule has 0 radical (unpaired) electrons. The van der Waals surface area contributed by atoms with Crippen molar-refractivity contribution in [1.82, 2.24) is 4.98 Å². The third-order valence-corrected chi connectivity index (χ3v) is 4.21. The molecule has 108 valence electrons. The first-order valence-electron chi connectivity index (χ1n) is 7.26. The molecule has 1 aliphatic carbocycles. The summed E-state index contributed by atoms with van der Waals surface area (Å²) in [6.07, 6.45) is 3.80. The van der Waals surface area contributed by atoms with Gasteiger partial charge < -0.3 is 0 Å². The van der Waals surface area contributed by atoms with E-state index in [1.54, 1.807) is 6.20 Å². The summed E-state index contributed by atoms with van der Waals surface area (Å²) >= 11 is 6.02. The number of pyridine rings is 1. The van der Waals surface area contributed by atoms with Crippen LogP contribution in [-0.2, 0) is 6.42 Å². The molecular formula is C18H14ClN3. The fraction of sp³-hybridized carbons (Fsp3) is 0.111. The van der Waals surface area contributed by atoms with Gasteiger partial charge >= 0.3 is 0 Å². The second-order valence-corrected chi connectivity index (χ2v) is 5.78. The molecule has 2 aromatic carbocycles. The topological polar surface area (TPSA) is 37.3 Å². The SMILES string of the molecule is Clc1ccc2c(N/N=C3\CCc4ccccc43)ccnc2c1.